The number of aromatic nitrogens is 1. The summed E-state index contributed by atoms with van der Waals surface area (Å²) >= 11 is 0. The van der Waals surface area contributed by atoms with Crippen LogP contribution < -0.4 is 4.90 Å². The summed E-state index contributed by atoms with van der Waals surface area (Å²) in [6, 6.07) is 10.8. The quantitative estimate of drug-likeness (QED) is 0.870. The maximum Gasteiger partial charge on any atom is 0.226 e. The lowest BCUT2D eigenvalue weighted by Gasteiger charge is -2.36. The first kappa shape index (κ1) is 15.1. The van der Waals surface area contributed by atoms with Gasteiger partial charge >= 0.3 is 0 Å². The zero-order valence-electron chi connectivity index (χ0n) is 13.4. The van der Waals surface area contributed by atoms with Crippen LogP contribution >= 0.6 is 0 Å². The highest BCUT2D eigenvalue weighted by molar-refractivity contribution is 5.83. The Morgan fingerprint density at radius 2 is 1.75 bits per heavy atom. The van der Waals surface area contributed by atoms with Gasteiger partial charge < -0.3 is 9.80 Å². The molecule has 5 heteroatoms. The van der Waals surface area contributed by atoms with Gasteiger partial charge in [0.25, 0.3) is 0 Å². The molecule has 2 aliphatic rings. The van der Waals surface area contributed by atoms with Crippen molar-refractivity contribution in [2.24, 2.45) is 5.92 Å². The number of piperazine rings is 1. The molecule has 0 spiro atoms. The van der Waals surface area contributed by atoms with Crippen LogP contribution in [0.4, 0.5) is 10.1 Å². The molecule has 2 heterocycles. The van der Waals surface area contributed by atoms with Gasteiger partial charge in [-0.25, -0.2) is 4.39 Å². The van der Waals surface area contributed by atoms with E-state index in [4.69, 9.17) is 0 Å². The molecule has 1 saturated heterocycles. The first-order chi connectivity index (χ1) is 11.7. The fourth-order valence-corrected chi connectivity index (χ4v) is 3.56. The predicted molar refractivity (Wildman–Crippen MR) is 90.3 cm³/mol. The summed E-state index contributed by atoms with van der Waals surface area (Å²) in [6.45, 7) is 3.10. The lowest BCUT2D eigenvalue weighted by molar-refractivity contribution is -0.132. The third-order valence-electron chi connectivity index (χ3n) is 5.03. The van der Waals surface area contributed by atoms with Gasteiger partial charge in [0.1, 0.15) is 5.82 Å². The fraction of sp³-hybridized carbons (Fsp3) is 0.368. The molecule has 124 valence electrons. The van der Waals surface area contributed by atoms with Gasteiger partial charge in [0, 0.05) is 50.2 Å². The molecule has 1 aromatic carbocycles. The van der Waals surface area contributed by atoms with Gasteiger partial charge in [0.2, 0.25) is 5.91 Å². The molecule has 2 aromatic rings. The molecule has 0 bridgehead atoms. The molecule has 2 atom stereocenters. The van der Waals surface area contributed by atoms with Crippen LogP contribution in [0.25, 0.3) is 0 Å². The predicted octanol–water partition coefficient (Wildman–Crippen LogP) is 2.67. The summed E-state index contributed by atoms with van der Waals surface area (Å²) in [6.07, 6.45) is 4.34. The van der Waals surface area contributed by atoms with Gasteiger partial charge in [-0.15, -0.1) is 0 Å². The third-order valence-corrected chi connectivity index (χ3v) is 5.03. The molecule has 2 unspecified atom stereocenters. The molecule has 4 nitrogen and oxygen atoms in total. The normalized spacial score (nSPS) is 23.2. The van der Waals surface area contributed by atoms with E-state index in [1.54, 1.807) is 24.5 Å². The third kappa shape index (κ3) is 2.86. The highest BCUT2D eigenvalue weighted by Gasteiger charge is 2.47. The van der Waals surface area contributed by atoms with E-state index in [-0.39, 0.29) is 23.6 Å². The Morgan fingerprint density at radius 1 is 1.04 bits per heavy atom. The minimum absolute atomic E-state index is 0.0469. The van der Waals surface area contributed by atoms with Crippen LogP contribution in [-0.2, 0) is 4.79 Å². The Hall–Kier alpha value is -2.43. The lowest BCUT2D eigenvalue weighted by atomic mass is 10.1. The van der Waals surface area contributed by atoms with Gasteiger partial charge in [-0.1, -0.05) is 18.2 Å². The maximum absolute atomic E-state index is 13.9. The van der Waals surface area contributed by atoms with Crippen molar-refractivity contribution in [3.8, 4) is 0 Å². The molecule has 1 aliphatic heterocycles. The van der Waals surface area contributed by atoms with E-state index >= 15 is 0 Å². The molecular weight excluding hydrogens is 305 g/mol. The number of halogens is 1. The van der Waals surface area contributed by atoms with E-state index in [1.807, 2.05) is 23.1 Å². The second-order valence-electron chi connectivity index (χ2n) is 6.49. The first-order valence-electron chi connectivity index (χ1n) is 8.42. The van der Waals surface area contributed by atoms with Crippen molar-refractivity contribution in [1.82, 2.24) is 9.88 Å². The number of hydrogen-bond donors (Lipinski definition) is 0. The topological polar surface area (TPSA) is 36.4 Å². The standard InChI is InChI=1S/C19H20FN3O/c20-18-4-2-1-3-15(18)16-13-17(16)19(24)23-11-9-22(10-12-23)14-5-7-21-8-6-14/h1-8,16-17H,9-13H2. The van der Waals surface area contributed by atoms with Crippen LogP contribution in [-0.4, -0.2) is 42.0 Å². The number of rotatable bonds is 3. The van der Waals surface area contributed by atoms with Gasteiger partial charge in [-0.3, -0.25) is 9.78 Å². The Bertz CT molecular complexity index is 728. The molecule has 1 aliphatic carbocycles. The Kier molecular flexibility index (Phi) is 3.92. The van der Waals surface area contributed by atoms with Crippen LogP contribution in [0.5, 0.6) is 0 Å². The van der Waals surface area contributed by atoms with Crippen LogP contribution in [0.15, 0.2) is 48.8 Å². The summed E-state index contributed by atoms with van der Waals surface area (Å²) in [4.78, 5) is 20.9. The molecule has 0 radical (unpaired) electrons. The highest BCUT2D eigenvalue weighted by atomic mass is 19.1. The Balaban J connectivity index is 1.35. The minimum Gasteiger partial charge on any atom is -0.368 e. The molecule has 1 aromatic heterocycles. The van der Waals surface area contributed by atoms with Crippen LogP contribution in [0.2, 0.25) is 0 Å². The molecule has 24 heavy (non-hydrogen) atoms. The first-order valence-corrected chi connectivity index (χ1v) is 8.42. The molecular formula is C19H20FN3O. The van der Waals surface area contributed by atoms with E-state index in [9.17, 15) is 9.18 Å². The minimum atomic E-state index is -0.194. The second-order valence-corrected chi connectivity index (χ2v) is 6.49. The van der Waals surface area contributed by atoms with Gasteiger partial charge in [-0.2, -0.15) is 0 Å². The number of amides is 1. The van der Waals surface area contributed by atoms with Crippen molar-refractivity contribution in [2.45, 2.75) is 12.3 Å². The number of benzene rings is 1. The van der Waals surface area contributed by atoms with Crippen molar-refractivity contribution >= 4 is 11.6 Å². The van der Waals surface area contributed by atoms with Crippen molar-refractivity contribution < 1.29 is 9.18 Å². The Labute approximate surface area is 140 Å². The molecule has 0 N–H and O–H groups in total. The van der Waals surface area contributed by atoms with E-state index in [1.165, 1.54) is 6.07 Å². The van der Waals surface area contributed by atoms with Crippen LogP contribution in [0, 0.1) is 11.7 Å². The van der Waals surface area contributed by atoms with Crippen LogP contribution in [0.3, 0.4) is 0 Å². The number of nitrogens with zero attached hydrogens (tertiary/aromatic N) is 3. The Morgan fingerprint density at radius 3 is 2.46 bits per heavy atom. The summed E-state index contributed by atoms with van der Waals surface area (Å²) in [5, 5.41) is 0. The number of anilines is 1. The van der Waals surface area contributed by atoms with Gasteiger partial charge in [-0.05, 0) is 36.1 Å². The number of hydrogen-bond acceptors (Lipinski definition) is 3. The van der Waals surface area contributed by atoms with Gasteiger partial charge in [0.05, 0.1) is 0 Å². The van der Waals surface area contributed by atoms with Crippen molar-refractivity contribution in [2.75, 3.05) is 31.1 Å². The molecule has 4 rings (SSSR count). The van der Waals surface area contributed by atoms with Crippen LogP contribution in [0.1, 0.15) is 17.9 Å². The fourth-order valence-electron chi connectivity index (χ4n) is 3.56. The summed E-state index contributed by atoms with van der Waals surface area (Å²) in [7, 11) is 0. The molecule has 1 amide bonds. The largest absolute Gasteiger partial charge is 0.368 e. The van der Waals surface area contributed by atoms with E-state index in [2.05, 4.69) is 9.88 Å². The maximum atomic E-state index is 13.9. The smallest absolute Gasteiger partial charge is 0.226 e. The number of pyridine rings is 1. The van der Waals surface area contributed by atoms with Gasteiger partial charge in [0.15, 0.2) is 0 Å². The average Bonchev–Trinajstić information content (AvgIpc) is 3.43. The zero-order valence-corrected chi connectivity index (χ0v) is 13.4. The van der Waals surface area contributed by atoms with Crippen molar-refractivity contribution in [3.05, 3.63) is 60.2 Å². The lowest BCUT2D eigenvalue weighted by Crippen LogP contribution is -2.49. The van der Waals surface area contributed by atoms with Crippen molar-refractivity contribution in [1.29, 1.82) is 0 Å². The summed E-state index contributed by atoms with van der Waals surface area (Å²) < 4.78 is 13.9. The average molecular weight is 325 g/mol. The molecule has 2 fully saturated rings. The monoisotopic (exact) mass is 325 g/mol. The zero-order chi connectivity index (χ0) is 16.5. The number of carbonyl (C=O) groups excluding carboxylic acids is 1. The SMILES string of the molecule is O=C(C1CC1c1ccccc1F)N1CCN(c2ccncc2)CC1. The molecule has 1 saturated carbocycles. The summed E-state index contributed by atoms with van der Waals surface area (Å²) in [5.41, 5.74) is 1.83. The van der Waals surface area contributed by atoms with Crippen molar-refractivity contribution in [3.63, 3.8) is 0 Å². The highest BCUT2D eigenvalue weighted by Crippen LogP contribution is 2.49. The van der Waals surface area contributed by atoms with E-state index in [0.717, 1.165) is 38.3 Å². The van der Waals surface area contributed by atoms with E-state index < -0.39 is 0 Å². The second kappa shape index (κ2) is 6.23. The number of carbonyl (C=O) groups is 1. The summed E-state index contributed by atoms with van der Waals surface area (Å²) in [5.74, 6) is -0.00996. The van der Waals surface area contributed by atoms with E-state index in [0.29, 0.717) is 5.56 Å².